The monoisotopic (exact) mass is 426 g/mol. The molecule has 6 nitrogen and oxygen atoms in total. The van der Waals surface area contributed by atoms with E-state index in [0.29, 0.717) is 34.8 Å². The molecule has 3 N–H and O–H groups in total. The predicted octanol–water partition coefficient (Wildman–Crippen LogP) is 3.89. The fourth-order valence-corrected chi connectivity index (χ4v) is 3.42. The van der Waals surface area contributed by atoms with Crippen molar-refractivity contribution in [2.45, 2.75) is 6.54 Å². The van der Waals surface area contributed by atoms with Crippen LogP contribution in [0.5, 0.6) is 5.75 Å². The molecule has 0 aliphatic rings. The molecule has 0 saturated carbocycles. The minimum atomic E-state index is 0.391. The third-order valence-electron chi connectivity index (χ3n) is 4.63. The molecule has 4 rings (SSSR count). The van der Waals surface area contributed by atoms with Crippen molar-refractivity contribution in [2.75, 3.05) is 6.61 Å². The molecule has 0 amide bonds. The number of imidazole rings is 1. The standard InChI is InChI=1S/C21H17Cl2N5O/c1-25-21(24)13-2-5-19-15(8-13)16(10-27-19)20-11-26-12-28(20)6-7-29-14-3-4-17(22)18(23)9-14/h2-5,8-12H,1,6-7H2,(H2,24,27)/p+1. The van der Waals surface area contributed by atoms with E-state index in [2.05, 4.69) is 21.4 Å². The van der Waals surface area contributed by atoms with E-state index in [9.17, 15) is 0 Å². The summed E-state index contributed by atoms with van der Waals surface area (Å²) in [7, 11) is 0. The number of ether oxygens (including phenoxy) is 1. The van der Waals surface area contributed by atoms with Crippen LogP contribution in [0.3, 0.4) is 0 Å². The fourth-order valence-electron chi connectivity index (χ4n) is 3.13. The lowest BCUT2D eigenvalue weighted by Gasteiger charge is -2.10. The Bertz CT molecular complexity index is 1240. The molecule has 0 spiro atoms. The Labute approximate surface area is 177 Å². The van der Waals surface area contributed by atoms with E-state index in [0.717, 1.165) is 27.7 Å². The Kier molecular flexibility index (Phi) is 5.32. The zero-order chi connectivity index (χ0) is 20.4. The van der Waals surface area contributed by atoms with Crippen LogP contribution in [0.15, 0.2) is 55.1 Å². The van der Waals surface area contributed by atoms with Gasteiger partial charge in [-0.1, -0.05) is 23.2 Å². The lowest BCUT2D eigenvalue weighted by atomic mass is 10.1. The van der Waals surface area contributed by atoms with E-state index in [-0.39, 0.29) is 0 Å². The van der Waals surface area contributed by atoms with Crippen LogP contribution in [-0.2, 0) is 6.54 Å². The molecule has 146 valence electrons. The molecule has 0 aliphatic carbocycles. The highest BCUT2D eigenvalue weighted by Gasteiger charge is 2.14. The van der Waals surface area contributed by atoms with Crippen LogP contribution in [0.2, 0.25) is 10.0 Å². The quantitative estimate of drug-likeness (QED) is 0.278. The van der Waals surface area contributed by atoms with Crippen molar-refractivity contribution in [3.63, 3.8) is 0 Å². The van der Waals surface area contributed by atoms with E-state index < -0.39 is 0 Å². The number of fused-ring (bicyclic) bond motifs is 1. The first-order valence-electron chi connectivity index (χ1n) is 8.86. The molecule has 0 fully saturated rings. The summed E-state index contributed by atoms with van der Waals surface area (Å²) in [6, 6.07) is 11.1. The molecule has 29 heavy (non-hydrogen) atoms. The van der Waals surface area contributed by atoms with E-state index in [4.69, 9.17) is 33.7 Å². The Morgan fingerprint density at radius 2 is 2.07 bits per heavy atom. The van der Waals surface area contributed by atoms with Gasteiger partial charge in [0.2, 0.25) is 0 Å². The fraction of sp³-hybridized carbons (Fsp3) is 0.0952. The third kappa shape index (κ3) is 3.87. The Morgan fingerprint density at radius 3 is 2.86 bits per heavy atom. The summed E-state index contributed by atoms with van der Waals surface area (Å²) in [5.41, 5.74) is 9.73. The van der Waals surface area contributed by atoms with Crippen molar-refractivity contribution in [3.8, 4) is 17.0 Å². The number of nitrogens with one attached hydrogen (secondary N) is 1. The zero-order valence-corrected chi connectivity index (χ0v) is 16.9. The van der Waals surface area contributed by atoms with Crippen molar-refractivity contribution < 1.29 is 4.74 Å². The van der Waals surface area contributed by atoms with Crippen molar-refractivity contribution >= 4 is 46.7 Å². The summed E-state index contributed by atoms with van der Waals surface area (Å²) in [6.07, 6.45) is 5.56. The lowest BCUT2D eigenvalue weighted by Crippen LogP contribution is -2.15. The first kappa shape index (κ1) is 19.2. The first-order valence-corrected chi connectivity index (χ1v) is 9.61. The molecule has 4 aromatic rings. The van der Waals surface area contributed by atoms with Gasteiger partial charge in [0, 0.05) is 28.7 Å². The van der Waals surface area contributed by atoms with Gasteiger partial charge >= 0.3 is 5.84 Å². The highest BCUT2D eigenvalue weighted by atomic mass is 35.5. The molecule has 2 heterocycles. The number of nitrogens with two attached hydrogens (primary N) is 1. The SMILES string of the molecule is C=[N+]=C(N)c1ccc2[nH]cc(-c3cncn3CCOc3ccc(Cl)c(Cl)c3)c2c1. The van der Waals surface area contributed by atoms with Gasteiger partial charge in [-0.25, -0.2) is 9.65 Å². The Morgan fingerprint density at radius 1 is 1.21 bits per heavy atom. The first-order chi connectivity index (χ1) is 14.1. The van der Waals surface area contributed by atoms with Gasteiger partial charge in [0.15, 0.2) is 6.72 Å². The van der Waals surface area contributed by atoms with Gasteiger partial charge < -0.3 is 14.3 Å². The average Bonchev–Trinajstić information content (AvgIpc) is 3.36. The van der Waals surface area contributed by atoms with Gasteiger partial charge in [-0.15, -0.1) is 0 Å². The number of H-pyrrole nitrogens is 1. The number of benzene rings is 2. The van der Waals surface area contributed by atoms with Gasteiger partial charge in [0.05, 0.1) is 40.4 Å². The van der Waals surface area contributed by atoms with E-state index >= 15 is 0 Å². The van der Waals surface area contributed by atoms with Crippen LogP contribution in [0.25, 0.3) is 22.2 Å². The van der Waals surface area contributed by atoms with E-state index in [1.54, 1.807) is 24.5 Å². The van der Waals surface area contributed by atoms with Crippen LogP contribution < -0.4 is 15.1 Å². The van der Waals surface area contributed by atoms with Crippen molar-refractivity contribution in [3.05, 3.63) is 70.7 Å². The predicted molar refractivity (Wildman–Crippen MR) is 119 cm³/mol. The van der Waals surface area contributed by atoms with Gasteiger partial charge in [-0.2, -0.15) is 0 Å². The van der Waals surface area contributed by atoms with Gasteiger partial charge in [0.25, 0.3) is 0 Å². The Hall–Kier alpha value is -3.18. The summed E-state index contributed by atoms with van der Waals surface area (Å²) in [5.74, 6) is 1.06. The zero-order valence-electron chi connectivity index (χ0n) is 15.4. The van der Waals surface area contributed by atoms with Crippen LogP contribution in [0, 0.1) is 0 Å². The second kappa shape index (κ2) is 8.05. The molecular weight excluding hydrogens is 409 g/mol. The number of aromatic amines is 1. The minimum absolute atomic E-state index is 0.391. The number of halogens is 2. The lowest BCUT2D eigenvalue weighted by molar-refractivity contribution is 0.299. The molecule has 0 atom stereocenters. The highest BCUT2D eigenvalue weighted by molar-refractivity contribution is 6.42. The molecule has 0 unspecified atom stereocenters. The number of hydrogen-bond acceptors (Lipinski definition) is 2. The highest BCUT2D eigenvalue weighted by Crippen LogP contribution is 2.30. The maximum Gasteiger partial charge on any atom is 0.372 e. The van der Waals surface area contributed by atoms with Crippen LogP contribution in [-0.4, -0.2) is 33.7 Å². The molecule has 0 aliphatic heterocycles. The summed E-state index contributed by atoms with van der Waals surface area (Å²) in [4.78, 5) is 7.59. The Balaban J connectivity index is 1.57. The number of amidine groups is 1. The summed E-state index contributed by atoms with van der Waals surface area (Å²) < 4.78 is 11.7. The smallest absolute Gasteiger partial charge is 0.372 e. The van der Waals surface area contributed by atoms with Gasteiger partial charge in [0.1, 0.15) is 12.4 Å². The maximum atomic E-state index is 6.03. The van der Waals surface area contributed by atoms with Gasteiger partial charge in [-0.3, -0.25) is 5.73 Å². The topological polar surface area (TPSA) is 83.0 Å². The second-order valence-corrected chi connectivity index (χ2v) is 7.22. The number of nitrogens with zero attached hydrogens (tertiary/aromatic N) is 3. The van der Waals surface area contributed by atoms with Crippen LogP contribution in [0.4, 0.5) is 0 Å². The molecule has 8 heteroatoms. The maximum absolute atomic E-state index is 6.03. The molecule has 0 saturated heterocycles. The molecule has 2 aromatic heterocycles. The normalized spacial score (nSPS) is 10.8. The van der Waals surface area contributed by atoms with Crippen molar-refractivity contribution in [2.24, 2.45) is 5.73 Å². The molecule has 0 bridgehead atoms. The summed E-state index contributed by atoms with van der Waals surface area (Å²) in [5, 5.41) is 1.99. The van der Waals surface area contributed by atoms with E-state index in [1.807, 2.05) is 35.2 Å². The van der Waals surface area contributed by atoms with E-state index in [1.165, 1.54) is 0 Å². The average molecular weight is 427 g/mol. The number of hydrogen-bond donors (Lipinski definition) is 2. The second-order valence-electron chi connectivity index (χ2n) is 6.40. The third-order valence-corrected chi connectivity index (χ3v) is 5.37. The molecule has 0 radical (unpaired) electrons. The van der Waals surface area contributed by atoms with Crippen molar-refractivity contribution in [1.82, 2.24) is 19.2 Å². The summed E-state index contributed by atoms with van der Waals surface area (Å²) >= 11 is 12.0. The van der Waals surface area contributed by atoms with Crippen molar-refractivity contribution in [1.29, 1.82) is 0 Å². The summed E-state index contributed by atoms with van der Waals surface area (Å²) in [6.45, 7) is 4.57. The number of rotatable bonds is 6. The molecular formula is C21H18Cl2N5O+. The largest absolute Gasteiger partial charge is 0.492 e. The molecule has 2 aromatic carbocycles. The number of aromatic nitrogens is 3. The minimum Gasteiger partial charge on any atom is -0.492 e. The van der Waals surface area contributed by atoms with Crippen LogP contribution >= 0.6 is 23.2 Å². The van der Waals surface area contributed by atoms with Crippen LogP contribution in [0.1, 0.15) is 5.56 Å². The van der Waals surface area contributed by atoms with Gasteiger partial charge in [-0.05, 0) is 30.3 Å².